The zero-order valence-electron chi connectivity index (χ0n) is 11.4. The smallest absolute Gasteiger partial charge is 0.0816 e. The molecule has 1 aromatic carbocycles. The van der Waals surface area contributed by atoms with Crippen LogP contribution in [0.1, 0.15) is 37.4 Å². The summed E-state index contributed by atoms with van der Waals surface area (Å²) in [7, 11) is 0. The van der Waals surface area contributed by atoms with Gasteiger partial charge in [-0.25, -0.2) is 0 Å². The van der Waals surface area contributed by atoms with E-state index < -0.39 is 6.10 Å². The Morgan fingerprint density at radius 1 is 1.40 bits per heavy atom. The van der Waals surface area contributed by atoms with Gasteiger partial charge in [-0.1, -0.05) is 40.0 Å². The Hall–Kier alpha value is -0.130. The van der Waals surface area contributed by atoms with Crippen molar-refractivity contribution in [2.75, 3.05) is 19.7 Å². The first-order valence-electron chi connectivity index (χ1n) is 7.09. The second-order valence-corrected chi connectivity index (χ2v) is 6.66. The van der Waals surface area contributed by atoms with Crippen molar-refractivity contribution in [3.63, 3.8) is 0 Å². The maximum atomic E-state index is 10.3. The zero-order chi connectivity index (χ0) is 14.5. The van der Waals surface area contributed by atoms with E-state index in [9.17, 15) is 10.2 Å². The molecule has 0 saturated carbocycles. The number of benzene rings is 1. The first-order valence-corrected chi connectivity index (χ1v) is 8.27. The second-order valence-electron chi connectivity index (χ2n) is 5.34. The van der Waals surface area contributed by atoms with Gasteiger partial charge in [-0.2, -0.15) is 0 Å². The number of halogens is 2. The minimum Gasteiger partial charge on any atom is -0.395 e. The van der Waals surface area contributed by atoms with E-state index >= 15 is 0 Å². The molecule has 20 heavy (non-hydrogen) atoms. The summed E-state index contributed by atoms with van der Waals surface area (Å²) in [4.78, 5) is 2.28. The average molecular weight is 363 g/mol. The molecule has 3 nitrogen and oxygen atoms in total. The summed E-state index contributed by atoms with van der Waals surface area (Å²) in [6.45, 7) is 2.00. The van der Waals surface area contributed by atoms with Gasteiger partial charge in [0.2, 0.25) is 0 Å². The minimum absolute atomic E-state index is 0.204. The van der Waals surface area contributed by atoms with Gasteiger partial charge in [0, 0.05) is 22.1 Å². The Labute approximate surface area is 133 Å². The van der Waals surface area contributed by atoms with E-state index in [4.69, 9.17) is 11.6 Å². The van der Waals surface area contributed by atoms with E-state index in [-0.39, 0.29) is 12.6 Å². The van der Waals surface area contributed by atoms with Crippen LogP contribution in [0.25, 0.3) is 0 Å². The molecule has 2 rings (SSSR count). The lowest BCUT2D eigenvalue weighted by molar-refractivity contribution is 0.0697. The predicted octanol–water partition coefficient (Wildman–Crippen LogP) is 3.37. The molecular weight excluding hydrogens is 342 g/mol. The normalized spacial score (nSPS) is 21.9. The summed E-state index contributed by atoms with van der Waals surface area (Å²) in [5.41, 5.74) is 0.771. The van der Waals surface area contributed by atoms with Gasteiger partial charge in [-0.15, -0.1) is 0 Å². The maximum Gasteiger partial charge on any atom is 0.0816 e. The number of hydrogen-bond acceptors (Lipinski definition) is 3. The van der Waals surface area contributed by atoms with Crippen LogP contribution in [0.2, 0.25) is 5.02 Å². The van der Waals surface area contributed by atoms with Crippen LogP contribution in [0.5, 0.6) is 0 Å². The first kappa shape index (κ1) is 16.2. The van der Waals surface area contributed by atoms with Crippen molar-refractivity contribution in [3.8, 4) is 0 Å². The largest absolute Gasteiger partial charge is 0.395 e. The number of aliphatic hydroxyl groups excluding tert-OH is 2. The minimum atomic E-state index is -0.558. The van der Waals surface area contributed by atoms with Gasteiger partial charge >= 0.3 is 0 Å². The highest BCUT2D eigenvalue weighted by atomic mass is 79.9. The molecule has 1 aliphatic heterocycles. The Bertz CT molecular complexity index is 444. The van der Waals surface area contributed by atoms with Crippen LogP contribution in [0.15, 0.2) is 22.7 Å². The topological polar surface area (TPSA) is 43.7 Å². The monoisotopic (exact) mass is 361 g/mol. The van der Waals surface area contributed by atoms with Crippen LogP contribution in [-0.4, -0.2) is 40.9 Å². The van der Waals surface area contributed by atoms with Crippen molar-refractivity contribution in [1.82, 2.24) is 4.90 Å². The average Bonchev–Trinajstić information content (AvgIpc) is 2.45. The number of piperidine rings is 1. The lowest BCUT2D eigenvalue weighted by Gasteiger charge is -2.35. The molecule has 0 aromatic heterocycles. The Kier molecular flexibility index (Phi) is 6.30. The SMILES string of the molecule is OCC1CCCCN1CCC(O)c1ccc(Br)cc1Cl. The zero-order valence-corrected chi connectivity index (χ0v) is 13.8. The standard InChI is InChI=1S/C15H21BrClNO2/c16-11-4-5-13(14(17)9-11)15(20)6-8-18-7-2-1-3-12(18)10-19/h4-5,9,12,15,19-20H,1-3,6-8,10H2. The highest BCUT2D eigenvalue weighted by Crippen LogP contribution is 2.29. The van der Waals surface area contributed by atoms with Crippen molar-refractivity contribution < 1.29 is 10.2 Å². The van der Waals surface area contributed by atoms with Gasteiger partial charge in [0.05, 0.1) is 12.7 Å². The van der Waals surface area contributed by atoms with E-state index in [1.807, 2.05) is 12.1 Å². The molecule has 1 aromatic rings. The summed E-state index contributed by atoms with van der Waals surface area (Å²) in [6.07, 6.45) is 3.48. The number of likely N-dealkylation sites (tertiary alicyclic amines) is 1. The molecule has 1 aliphatic rings. The predicted molar refractivity (Wildman–Crippen MR) is 85.0 cm³/mol. The van der Waals surface area contributed by atoms with E-state index in [1.54, 1.807) is 6.07 Å². The van der Waals surface area contributed by atoms with Gasteiger partial charge in [-0.3, -0.25) is 4.90 Å². The third-order valence-electron chi connectivity index (χ3n) is 3.97. The number of hydrogen-bond donors (Lipinski definition) is 2. The van der Waals surface area contributed by atoms with Crippen LogP contribution in [0, 0.1) is 0 Å². The number of aliphatic hydroxyl groups is 2. The molecule has 0 amide bonds. The van der Waals surface area contributed by atoms with Gasteiger partial charge < -0.3 is 10.2 Å². The molecule has 2 unspecified atom stereocenters. The van der Waals surface area contributed by atoms with Crippen LogP contribution < -0.4 is 0 Å². The van der Waals surface area contributed by atoms with Crippen molar-refractivity contribution in [3.05, 3.63) is 33.3 Å². The van der Waals surface area contributed by atoms with Gasteiger partial charge in [0.15, 0.2) is 0 Å². The molecule has 0 aliphatic carbocycles. The molecule has 0 bridgehead atoms. The van der Waals surface area contributed by atoms with Crippen molar-refractivity contribution >= 4 is 27.5 Å². The van der Waals surface area contributed by atoms with E-state index in [2.05, 4.69) is 20.8 Å². The summed E-state index contributed by atoms with van der Waals surface area (Å²) in [5, 5.41) is 20.3. The Balaban J connectivity index is 1.92. The fourth-order valence-corrected chi connectivity index (χ4v) is 3.58. The highest BCUT2D eigenvalue weighted by Gasteiger charge is 2.22. The molecule has 112 valence electrons. The molecule has 0 radical (unpaired) electrons. The summed E-state index contributed by atoms with van der Waals surface area (Å²) >= 11 is 9.52. The molecule has 1 saturated heterocycles. The Morgan fingerprint density at radius 2 is 2.20 bits per heavy atom. The maximum absolute atomic E-state index is 10.3. The fraction of sp³-hybridized carbons (Fsp3) is 0.600. The lowest BCUT2D eigenvalue weighted by Crippen LogP contribution is -2.42. The first-order chi connectivity index (χ1) is 9.61. The van der Waals surface area contributed by atoms with Gasteiger partial charge in [0.25, 0.3) is 0 Å². The van der Waals surface area contributed by atoms with Crippen molar-refractivity contribution in [2.45, 2.75) is 37.8 Å². The fourth-order valence-electron chi connectivity index (χ4n) is 2.78. The van der Waals surface area contributed by atoms with E-state index in [0.29, 0.717) is 11.4 Å². The molecule has 1 fully saturated rings. The molecule has 0 spiro atoms. The second kappa shape index (κ2) is 7.76. The van der Waals surface area contributed by atoms with Crippen LogP contribution >= 0.6 is 27.5 Å². The van der Waals surface area contributed by atoms with Crippen molar-refractivity contribution in [2.24, 2.45) is 0 Å². The quantitative estimate of drug-likeness (QED) is 0.844. The summed E-state index contributed by atoms with van der Waals surface area (Å²) in [6, 6.07) is 5.80. The van der Waals surface area contributed by atoms with Crippen molar-refractivity contribution in [1.29, 1.82) is 0 Å². The molecule has 5 heteroatoms. The van der Waals surface area contributed by atoms with E-state index in [1.165, 1.54) is 12.8 Å². The van der Waals surface area contributed by atoms with Gasteiger partial charge in [-0.05, 0) is 43.5 Å². The highest BCUT2D eigenvalue weighted by molar-refractivity contribution is 9.10. The summed E-state index contributed by atoms with van der Waals surface area (Å²) in [5.74, 6) is 0. The van der Waals surface area contributed by atoms with Crippen LogP contribution in [-0.2, 0) is 0 Å². The molecule has 2 N–H and O–H groups in total. The van der Waals surface area contributed by atoms with Crippen LogP contribution in [0.4, 0.5) is 0 Å². The summed E-state index contributed by atoms with van der Waals surface area (Å²) < 4.78 is 0.912. The Morgan fingerprint density at radius 3 is 2.90 bits per heavy atom. The van der Waals surface area contributed by atoms with Gasteiger partial charge in [0.1, 0.15) is 0 Å². The van der Waals surface area contributed by atoms with Crippen LogP contribution in [0.3, 0.4) is 0 Å². The molecule has 1 heterocycles. The van der Waals surface area contributed by atoms with E-state index in [0.717, 1.165) is 29.5 Å². The lowest BCUT2D eigenvalue weighted by atomic mass is 10.0. The third kappa shape index (κ3) is 4.18. The number of nitrogens with zero attached hydrogens (tertiary/aromatic N) is 1. The molecule has 2 atom stereocenters. The number of rotatable bonds is 5. The third-order valence-corrected chi connectivity index (χ3v) is 4.79. The molecular formula is C15H21BrClNO2.